The van der Waals surface area contributed by atoms with Crippen molar-refractivity contribution in [2.24, 2.45) is 0 Å². The van der Waals surface area contributed by atoms with Crippen LogP contribution in [0.3, 0.4) is 0 Å². The Morgan fingerprint density at radius 2 is 2.02 bits per heavy atom. The highest BCUT2D eigenvalue weighted by Gasteiger charge is 2.49. The highest BCUT2D eigenvalue weighted by Crippen LogP contribution is 2.47. The van der Waals surface area contributed by atoms with Crippen molar-refractivity contribution >= 4 is 45.0 Å². The molecule has 0 radical (unpaired) electrons. The second kappa shape index (κ2) is 11.8. The fraction of sp³-hybridized carbons (Fsp3) is 0.424. The number of nitrogens with zero attached hydrogens (tertiary/aromatic N) is 7. The van der Waals surface area contributed by atoms with Gasteiger partial charge in [0.05, 0.1) is 40.4 Å². The number of alkyl halides is 4. The molecule has 3 aliphatic rings. The fourth-order valence-electron chi connectivity index (χ4n) is 7.82. The van der Waals surface area contributed by atoms with Gasteiger partial charge in [0.2, 0.25) is 5.88 Å². The summed E-state index contributed by atoms with van der Waals surface area (Å²) in [5.41, 5.74) is 3.79. The average molecular weight is 716 g/mol. The van der Waals surface area contributed by atoms with E-state index in [0.29, 0.717) is 23.6 Å². The summed E-state index contributed by atoms with van der Waals surface area (Å²) in [6, 6.07) is 2.18. The van der Waals surface area contributed by atoms with E-state index in [1.165, 1.54) is 25.4 Å². The number of nitrogens with one attached hydrogen (secondary N) is 1. The highest BCUT2D eigenvalue weighted by atomic mass is 35.5. The molecule has 8 rings (SSSR count). The first kappa shape index (κ1) is 32.6. The molecular formula is C33H31ClF5N9O2. The first-order valence-corrected chi connectivity index (χ1v) is 16.5. The molecule has 5 aromatic rings. The monoisotopic (exact) mass is 715 g/mol. The zero-order valence-electron chi connectivity index (χ0n) is 26.9. The van der Waals surface area contributed by atoms with E-state index in [1.54, 1.807) is 11.0 Å². The molecule has 0 unspecified atom stereocenters. The van der Waals surface area contributed by atoms with Crippen molar-refractivity contribution in [1.29, 1.82) is 0 Å². The van der Waals surface area contributed by atoms with E-state index in [-0.39, 0.29) is 77.1 Å². The molecule has 3 atom stereocenters. The summed E-state index contributed by atoms with van der Waals surface area (Å²) in [4.78, 5) is 21.6. The third-order valence-electron chi connectivity index (χ3n) is 10.1. The topological polar surface area (TPSA) is 131 Å². The van der Waals surface area contributed by atoms with E-state index in [2.05, 4.69) is 30.0 Å². The predicted molar refractivity (Wildman–Crippen MR) is 176 cm³/mol. The lowest BCUT2D eigenvalue weighted by atomic mass is 9.94. The van der Waals surface area contributed by atoms with Crippen molar-refractivity contribution in [1.82, 2.24) is 35.0 Å². The minimum atomic E-state index is -4.87. The number of aromatic nitrogens is 6. The standard InChI is InChI=1S/C33H31ClF5N9O2/c1-15-8-21-20(12-42-46-21)22(24(15)33(37,38)39)26-25(36)27-23-29(45-31(44-27)50-14-32-4-3-5-47(32)13-18(35)10-32)48(6-7-49-30(23)43-26)16(2)19-9-17(34)11-41-28(19)40/h8-9,11-12,16,18H,3-7,10,13-14H2,1-2H3,(H2,40,41)(H,42,46)/t16-,18-,32+/m1/s1. The molecule has 7 heterocycles. The van der Waals surface area contributed by atoms with E-state index in [0.717, 1.165) is 13.0 Å². The van der Waals surface area contributed by atoms with Crippen LogP contribution in [-0.2, 0) is 6.18 Å². The number of rotatable bonds is 6. The van der Waals surface area contributed by atoms with Gasteiger partial charge in [-0.25, -0.2) is 18.7 Å². The summed E-state index contributed by atoms with van der Waals surface area (Å²) >= 11 is 6.28. The molecule has 11 nitrogen and oxygen atoms in total. The van der Waals surface area contributed by atoms with Gasteiger partial charge in [-0.05, 0) is 50.9 Å². The lowest BCUT2D eigenvalue weighted by Gasteiger charge is -2.32. The molecule has 50 heavy (non-hydrogen) atoms. The second-order valence-electron chi connectivity index (χ2n) is 13.1. The Kier molecular flexibility index (Phi) is 7.67. The Morgan fingerprint density at radius 3 is 2.82 bits per heavy atom. The van der Waals surface area contributed by atoms with E-state index in [9.17, 15) is 17.6 Å². The smallest absolute Gasteiger partial charge is 0.417 e. The number of benzene rings is 1. The molecule has 0 spiro atoms. The quantitative estimate of drug-likeness (QED) is 0.186. The van der Waals surface area contributed by atoms with Gasteiger partial charge in [-0.2, -0.15) is 28.2 Å². The van der Waals surface area contributed by atoms with Crippen molar-refractivity contribution in [3.8, 4) is 23.1 Å². The van der Waals surface area contributed by atoms with Gasteiger partial charge in [0.25, 0.3) is 0 Å². The van der Waals surface area contributed by atoms with Crippen molar-refractivity contribution < 1.29 is 31.4 Å². The molecule has 1 aromatic carbocycles. The number of aryl methyl sites for hydroxylation is 1. The van der Waals surface area contributed by atoms with E-state index in [1.807, 2.05) is 6.92 Å². The molecule has 0 amide bonds. The molecule has 2 saturated heterocycles. The predicted octanol–water partition coefficient (Wildman–Crippen LogP) is 6.58. The number of H-pyrrole nitrogens is 1. The van der Waals surface area contributed by atoms with Crippen LogP contribution in [0.1, 0.15) is 48.9 Å². The number of aromatic amines is 1. The number of hydrogen-bond donors (Lipinski definition) is 2. The van der Waals surface area contributed by atoms with Crippen LogP contribution in [0.5, 0.6) is 11.9 Å². The van der Waals surface area contributed by atoms with Gasteiger partial charge >= 0.3 is 12.2 Å². The molecule has 3 aliphatic heterocycles. The largest absolute Gasteiger partial charge is 0.475 e. The molecule has 0 aliphatic carbocycles. The number of nitrogen functional groups attached to an aromatic ring is 1. The molecule has 0 saturated carbocycles. The van der Waals surface area contributed by atoms with Gasteiger partial charge in [-0.3, -0.25) is 10.00 Å². The first-order chi connectivity index (χ1) is 23.8. The molecule has 2 fully saturated rings. The van der Waals surface area contributed by atoms with Gasteiger partial charge in [0.1, 0.15) is 47.6 Å². The lowest BCUT2D eigenvalue weighted by Crippen LogP contribution is -2.43. The summed E-state index contributed by atoms with van der Waals surface area (Å²) in [7, 11) is 0. The van der Waals surface area contributed by atoms with E-state index < -0.39 is 46.6 Å². The van der Waals surface area contributed by atoms with Crippen LogP contribution >= 0.6 is 11.6 Å². The van der Waals surface area contributed by atoms with Gasteiger partial charge in [0.15, 0.2) is 5.82 Å². The maximum Gasteiger partial charge on any atom is 0.417 e. The second-order valence-corrected chi connectivity index (χ2v) is 13.6. The summed E-state index contributed by atoms with van der Waals surface area (Å²) in [6.45, 7) is 4.34. The number of ether oxygens (including phenoxy) is 2. The van der Waals surface area contributed by atoms with Crippen molar-refractivity contribution in [3.63, 3.8) is 0 Å². The number of nitrogens with two attached hydrogens (primary N) is 1. The third-order valence-corrected chi connectivity index (χ3v) is 10.3. The number of hydrogen-bond acceptors (Lipinski definition) is 10. The Bertz CT molecular complexity index is 2160. The summed E-state index contributed by atoms with van der Waals surface area (Å²) in [6.07, 6.45) is -1.44. The Morgan fingerprint density at radius 1 is 1.20 bits per heavy atom. The van der Waals surface area contributed by atoms with Crippen LogP contribution in [-0.4, -0.2) is 79.6 Å². The van der Waals surface area contributed by atoms with Crippen molar-refractivity contribution in [3.05, 3.63) is 52.1 Å². The highest BCUT2D eigenvalue weighted by molar-refractivity contribution is 6.30. The Labute approximate surface area is 286 Å². The van der Waals surface area contributed by atoms with E-state index in [4.69, 9.17) is 31.8 Å². The summed E-state index contributed by atoms with van der Waals surface area (Å²) in [5, 5.41) is 6.99. The van der Waals surface area contributed by atoms with Crippen molar-refractivity contribution in [2.45, 2.75) is 57.0 Å². The minimum absolute atomic E-state index is 0.00497. The fourth-order valence-corrected chi connectivity index (χ4v) is 7.99. The molecule has 3 N–H and O–H groups in total. The molecule has 262 valence electrons. The van der Waals surface area contributed by atoms with Gasteiger partial charge in [-0.1, -0.05) is 11.6 Å². The van der Waals surface area contributed by atoms with Crippen LogP contribution in [0.25, 0.3) is 33.1 Å². The molecule has 4 aromatic heterocycles. The molecular weight excluding hydrogens is 685 g/mol. The summed E-state index contributed by atoms with van der Waals surface area (Å²) < 4.78 is 88.0. The van der Waals surface area contributed by atoms with Crippen LogP contribution in [0, 0.1) is 12.7 Å². The SMILES string of the molecule is Cc1cc2[nH]ncc2c(-c2nc3c4c(nc(OC[C@@]56CCCN5C[C@H](F)C6)nc4c2F)N([C@H](C)c2cc(Cl)cnc2N)CCO3)c1C(F)(F)F. The van der Waals surface area contributed by atoms with Gasteiger partial charge < -0.3 is 20.1 Å². The maximum absolute atomic E-state index is 17.1. The lowest BCUT2D eigenvalue weighted by molar-refractivity contribution is -0.137. The average Bonchev–Trinajstić information content (AvgIpc) is 3.73. The number of pyridine rings is 2. The zero-order valence-corrected chi connectivity index (χ0v) is 27.7. The van der Waals surface area contributed by atoms with Gasteiger partial charge in [0, 0.05) is 35.7 Å². The molecule has 0 bridgehead atoms. The van der Waals surface area contributed by atoms with Crippen molar-refractivity contribution in [2.75, 3.05) is 43.5 Å². The first-order valence-electron chi connectivity index (χ1n) is 16.1. The molecule has 17 heteroatoms. The van der Waals surface area contributed by atoms with Crippen LogP contribution in [0.15, 0.2) is 24.5 Å². The summed E-state index contributed by atoms with van der Waals surface area (Å²) in [5.74, 6) is -0.929. The number of halogens is 6. The van der Waals surface area contributed by atoms with Gasteiger partial charge in [-0.15, -0.1) is 0 Å². The van der Waals surface area contributed by atoms with Crippen LogP contribution in [0.4, 0.5) is 33.6 Å². The Balaban J connectivity index is 1.35. The maximum atomic E-state index is 17.1. The number of anilines is 2. The normalized spacial score (nSPS) is 21.4. The van der Waals surface area contributed by atoms with E-state index >= 15 is 4.39 Å². The third kappa shape index (κ3) is 5.22. The number of fused-ring (bicyclic) bond motifs is 2. The van der Waals surface area contributed by atoms with Crippen LogP contribution in [0.2, 0.25) is 5.02 Å². The zero-order chi connectivity index (χ0) is 35.1. The van der Waals surface area contributed by atoms with Crippen LogP contribution < -0.4 is 20.1 Å². The minimum Gasteiger partial charge on any atom is -0.475 e. The Hall–Kier alpha value is -4.57.